The van der Waals surface area contributed by atoms with E-state index in [1.165, 1.54) is 11.3 Å². The maximum atomic E-state index is 11.9. The molecule has 0 spiro atoms. The minimum Gasteiger partial charge on any atom is -0.481 e. The molecule has 0 radical (unpaired) electrons. The summed E-state index contributed by atoms with van der Waals surface area (Å²) in [7, 11) is 0. The highest BCUT2D eigenvalue weighted by Gasteiger charge is 2.28. The maximum Gasteiger partial charge on any atom is 0.308 e. The molecule has 0 fully saturated rings. The van der Waals surface area contributed by atoms with Crippen molar-refractivity contribution >= 4 is 28.2 Å². The lowest BCUT2D eigenvalue weighted by atomic mass is 9.95. The highest BCUT2D eigenvalue weighted by atomic mass is 32.1. The van der Waals surface area contributed by atoms with Gasteiger partial charge in [-0.15, -0.1) is 11.3 Å². The molecule has 0 saturated carbocycles. The van der Waals surface area contributed by atoms with E-state index < -0.39 is 17.8 Å². The zero-order valence-corrected chi connectivity index (χ0v) is 13.3. The third-order valence-electron chi connectivity index (χ3n) is 3.86. The Kier molecular flexibility index (Phi) is 5.03. The standard InChI is InChI=1S/C15H19N3O3S/c1-9(15(20)21)8-18(7-6-16)14-12(13(17)19)10-4-2-3-5-11(10)22-14/h9H,2-5,7-8H2,1H3,(H2,17,19)(H,20,21). The number of nitriles is 1. The van der Waals surface area contributed by atoms with Gasteiger partial charge in [0.1, 0.15) is 11.5 Å². The largest absolute Gasteiger partial charge is 0.481 e. The summed E-state index contributed by atoms with van der Waals surface area (Å²) in [5.41, 5.74) is 7.02. The van der Waals surface area contributed by atoms with E-state index in [4.69, 9.17) is 16.1 Å². The van der Waals surface area contributed by atoms with Crippen molar-refractivity contribution in [2.24, 2.45) is 11.7 Å². The van der Waals surface area contributed by atoms with Crippen molar-refractivity contribution in [3.8, 4) is 6.07 Å². The Morgan fingerprint density at radius 2 is 2.14 bits per heavy atom. The number of anilines is 1. The molecule has 1 aromatic rings. The van der Waals surface area contributed by atoms with E-state index in [-0.39, 0.29) is 13.1 Å². The highest BCUT2D eigenvalue weighted by molar-refractivity contribution is 7.16. The Morgan fingerprint density at radius 1 is 1.45 bits per heavy atom. The Hall–Kier alpha value is -2.07. The lowest BCUT2D eigenvalue weighted by Gasteiger charge is -2.23. The average molecular weight is 321 g/mol. The number of thiophene rings is 1. The summed E-state index contributed by atoms with van der Waals surface area (Å²) in [6, 6.07) is 2.04. The quantitative estimate of drug-likeness (QED) is 0.776. The topological polar surface area (TPSA) is 107 Å². The first kappa shape index (κ1) is 16.3. The normalized spacial score (nSPS) is 14.7. The van der Waals surface area contributed by atoms with Crippen molar-refractivity contribution in [2.45, 2.75) is 32.6 Å². The summed E-state index contributed by atoms with van der Waals surface area (Å²) in [4.78, 5) is 25.8. The third kappa shape index (κ3) is 3.22. The fourth-order valence-corrected chi connectivity index (χ4v) is 4.14. The lowest BCUT2D eigenvalue weighted by molar-refractivity contribution is -0.140. The van der Waals surface area contributed by atoms with E-state index in [0.29, 0.717) is 10.6 Å². The van der Waals surface area contributed by atoms with Gasteiger partial charge >= 0.3 is 5.97 Å². The third-order valence-corrected chi connectivity index (χ3v) is 5.22. The molecular weight excluding hydrogens is 302 g/mol. The molecule has 0 aromatic carbocycles. The Labute approximate surface area is 133 Å². The molecule has 1 aliphatic carbocycles. The summed E-state index contributed by atoms with van der Waals surface area (Å²) in [5, 5.41) is 18.8. The van der Waals surface area contributed by atoms with Crippen LogP contribution < -0.4 is 10.6 Å². The summed E-state index contributed by atoms with van der Waals surface area (Å²) in [6.45, 7) is 1.81. The summed E-state index contributed by atoms with van der Waals surface area (Å²) in [6.07, 6.45) is 3.83. The van der Waals surface area contributed by atoms with Crippen LogP contribution in [0.1, 0.15) is 40.6 Å². The van der Waals surface area contributed by atoms with Crippen molar-refractivity contribution in [2.75, 3.05) is 18.0 Å². The molecule has 1 atom stereocenters. The van der Waals surface area contributed by atoms with E-state index in [0.717, 1.165) is 36.1 Å². The second kappa shape index (κ2) is 6.79. The average Bonchev–Trinajstić information content (AvgIpc) is 2.85. The molecule has 1 aliphatic rings. The van der Waals surface area contributed by atoms with Crippen LogP contribution in [0.5, 0.6) is 0 Å². The molecule has 22 heavy (non-hydrogen) atoms. The Bertz CT molecular complexity index is 633. The lowest BCUT2D eigenvalue weighted by Crippen LogP contribution is -2.33. The van der Waals surface area contributed by atoms with Crippen LogP contribution in [-0.4, -0.2) is 30.1 Å². The maximum absolute atomic E-state index is 11.9. The molecular formula is C15H19N3O3S. The zero-order valence-electron chi connectivity index (χ0n) is 12.5. The fourth-order valence-electron chi connectivity index (χ4n) is 2.74. The molecule has 1 heterocycles. The van der Waals surface area contributed by atoms with Crippen molar-refractivity contribution in [3.05, 3.63) is 16.0 Å². The number of primary amides is 1. The smallest absolute Gasteiger partial charge is 0.308 e. The van der Waals surface area contributed by atoms with Crippen molar-refractivity contribution in [3.63, 3.8) is 0 Å². The number of carboxylic acid groups (broad SMARTS) is 1. The minimum absolute atomic E-state index is 0.0390. The van der Waals surface area contributed by atoms with Gasteiger partial charge in [0.25, 0.3) is 5.91 Å². The van der Waals surface area contributed by atoms with Gasteiger partial charge in [0.15, 0.2) is 0 Å². The molecule has 0 bridgehead atoms. The molecule has 118 valence electrons. The van der Waals surface area contributed by atoms with Gasteiger partial charge in [0.05, 0.1) is 17.6 Å². The summed E-state index contributed by atoms with van der Waals surface area (Å²) < 4.78 is 0. The number of fused-ring (bicyclic) bond motifs is 1. The van der Waals surface area contributed by atoms with E-state index in [1.807, 2.05) is 6.07 Å². The first-order valence-electron chi connectivity index (χ1n) is 7.24. The van der Waals surface area contributed by atoms with Gasteiger partial charge in [-0.2, -0.15) is 5.26 Å². The Balaban J connectivity index is 2.42. The number of hydrogen-bond donors (Lipinski definition) is 2. The first-order valence-corrected chi connectivity index (χ1v) is 8.06. The molecule has 1 amide bonds. The highest BCUT2D eigenvalue weighted by Crippen LogP contribution is 2.40. The van der Waals surface area contributed by atoms with Crippen molar-refractivity contribution < 1.29 is 14.7 Å². The molecule has 0 aliphatic heterocycles. The second-order valence-electron chi connectivity index (χ2n) is 5.53. The minimum atomic E-state index is -0.926. The van der Waals surface area contributed by atoms with Gasteiger partial charge in [0, 0.05) is 11.4 Å². The molecule has 1 unspecified atom stereocenters. The molecule has 2 rings (SSSR count). The van der Waals surface area contributed by atoms with Crippen LogP contribution in [0, 0.1) is 17.2 Å². The van der Waals surface area contributed by atoms with E-state index >= 15 is 0 Å². The number of aryl methyl sites for hydroxylation is 1. The number of carbonyl (C=O) groups excluding carboxylic acids is 1. The number of rotatable bonds is 6. The van der Waals surface area contributed by atoms with E-state index in [1.54, 1.807) is 11.8 Å². The van der Waals surface area contributed by atoms with Gasteiger partial charge in [-0.1, -0.05) is 6.92 Å². The first-order chi connectivity index (χ1) is 10.5. The number of aliphatic carboxylic acids is 1. The van der Waals surface area contributed by atoms with Crippen LogP contribution in [0.4, 0.5) is 5.00 Å². The zero-order chi connectivity index (χ0) is 16.3. The van der Waals surface area contributed by atoms with Crippen LogP contribution in [0.25, 0.3) is 0 Å². The van der Waals surface area contributed by atoms with E-state index in [2.05, 4.69) is 0 Å². The van der Waals surface area contributed by atoms with Gasteiger partial charge < -0.3 is 15.7 Å². The molecule has 1 aromatic heterocycles. The van der Waals surface area contributed by atoms with Gasteiger partial charge in [-0.3, -0.25) is 9.59 Å². The summed E-state index contributed by atoms with van der Waals surface area (Å²) >= 11 is 1.47. The second-order valence-corrected chi connectivity index (χ2v) is 6.62. The molecule has 3 N–H and O–H groups in total. The number of amides is 1. The van der Waals surface area contributed by atoms with Gasteiger partial charge in [-0.25, -0.2) is 0 Å². The monoisotopic (exact) mass is 321 g/mol. The van der Waals surface area contributed by atoms with Crippen molar-refractivity contribution in [1.29, 1.82) is 5.26 Å². The van der Waals surface area contributed by atoms with Crippen LogP contribution in [0.2, 0.25) is 0 Å². The van der Waals surface area contributed by atoms with Gasteiger partial charge in [0.2, 0.25) is 0 Å². The van der Waals surface area contributed by atoms with Crippen molar-refractivity contribution in [1.82, 2.24) is 0 Å². The molecule has 0 saturated heterocycles. The van der Waals surface area contributed by atoms with Gasteiger partial charge in [-0.05, 0) is 31.2 Å². The Morgan fingerprint density at radius 3 is 2.73 bits per heavy atom. The number of carboxylic acids is 1. The van der Waals surface area contributed by atoms with Crippen LogP contribution in [0.15, 0.2) is 0 Å². The summed E-state index contributed by atoms with van der Waals surface area (Å²) in [5.74, 6) is -2.06. The SMILES string of the molecule is CC(CN(CC#N)c1sc2c(c1C(N)=O)CCCC2)C(=O)O. The van der Waals surface area contributed by atoms with Crippen LogP contribution in [-0.2, 0) is 17.6 Å². The number of hydrogen-bond acceptors (Lipinski definition) is 5. The predicted octanol–water partition coefficient (Wildman–Crippen LogP) is 1.78. The number of nitrogens with zero attached hydrogens (tertiary/aromatic N) is 2. The number of carbonyl (C=O) groups is 2. The predicted molar refractivity (Wildman–Crippen MR) is 84.1 cm³/mol. The number of nitrogens with two attached hydrogens (primary N) is 1. The molecule has 6 nitrogen and oxygen atoms in total. The molecule has 7 heteroatoms. The van der Waals surface area contributed by atoms with E-state index in [9.17, 15) is 9.59 Å². The van der Waals surface area contributed by atoms with Crippen LogP contribution >= 0.6 is 11.3 Å². The van der Waals surface area contributed by atoms with Crippen LogP contribution in [0.3, 0.4) is 0 Å². The fraction of sp³-hybridized carbons (Fsp3) is 0.533.